The summed E-state index contributed by atoms with van der Waals surface area (Å²) in [7, 11) is -3.92. The Labute approximate surface area is 185 Å². The molecule has 0 saturated carbocycles. The Hall–Kier alpha value is -2.64. The molecule has 0 atom stereocenters. The van der Waals surface area contributed by atoms with E-state index in [0.29, 0.717) is 12.2 Å². The van der Waals surface area contributed by atoms with Crippen LogP contribution in [0.2, 0.25) is 0 Å². The molecule has 1 aliphatic heterocycles. The van der Waals surface area contributed by atoms with Gasteiger partial charge in [0.25, 0.3) is 10.0 Å². The molecule has 0 unspecified atom stereocenters. The molecule has 3 aromatic carbocycles. The maximum absolute atomic E-state index is 13.5. The lowest BCUT2D eigenvalue weighted by molar-refractivity contribution is -0.117. The molecule has 3 aromatic rings. The molecule has 0 fully saturated rings. The highest BCUT2D eigenvalue weighted by Crippen LogP contribution is 2.30. The zero-order valence-electron chi connectivity index (χ0n) is 16.5. The van der Waals surface area contributed by atoms with E-state index in [1.54, 1.807) is 47.4 Å². The second-order valence-electron chi connectivity index (χ2n) is 7.23. The molecule has 1 amide bonds. The van der Waals surface area contributed by atoms with Gasteiger partial charge in [0.2, 0.25) is 5.91 Å². The minimum absolute atomic E-state index is 0.155. The van der Waals surface area contributed by atoms with Crippen LogP contribution in [0.5, 0.6) is 0 Å². The Morgan fingerprint density at radius 1 is 1.03 bits per heavy atom. The Morgan fingerprint density at radius 2 is 1.77 bits per heavy atom. The van der Waals surface area contributed by atoms with Crippen LogP contribution in [0.3, 0.4) is 0 Å². The summed E-state index contributed by atoms with van der Waals surface area (Å²) in [6.45, 7) is 2.17. The van der Waals surface area contributed by atoms with Gasteiger partial charge in [-0.25, -0.2) is 8.42 Å². The highest BCUT2D eigenvalue weighted by Gasteiger charge is 2.31. The highest BCUT2D eigenvalue weighted by atomic mass is 79.9. The average molecular weight is 485 g/mol. The largest absolute Gasteiger partial charge is 0.310 e. The highest BCUT2D eigenvalue weighted by molar-refractivity contribution is 9.10. The maximum atomic E-state index is 13.5. The lowest BCUT2D eigenvalue weighted by Crippen LogP contribution is -2.42. The predicted molar refractivity (Wildman–Crippen MR) is 122 cm³/mol. The molecular formula is C23H21BrN2O3S. The third-order valence-electron chi connectivity index (χ3n) is 5.17. The van der Waals surface area contributed by atoms with Gasteiger partial charge >= 0.3 is 0 Å². The number of amides is 1. The van der Waals surface area contributed by atoms with Crippen LogP contribution in [0.4, 0.5) is 11.4 Å². The standard InChI is InChI=1S/C23H21BrN2O3S/c1-17-9-11-21(12-10-17)30(28,29)26(20-7-4-6-19(24)15-20)16-23(27)25-14-13-18-5-2-3-8-22(18)25/h2-12,15H,13-14,16H2,1H3. The van der Waals surface area contributed by atoms with E-state index in [1.165, 1.54) is 4.31 Å². The lowest BCUT2D eigenvalue weighted by Gasteiger charge is -2.27. The van der Waals surface area contributed by atoms with E-state index in [0.717, 1.165) is 27.7 Å². The Kier molecular flexibility index (Phi) is 5.66. The quantitative estimate of drug-likeness (QED) is 0.533. The van der Waals surface area contributed by atoms with Gasteiger partial charge < -0.3 is 4.90 Å². The molecule has 0 saturated heterocycles. The van der Waals surface area contributed by atoms with E-state index in [4.69, 9.17) is 0 Å². The van der Waals surface area contributed by atoms with Crippen LogP contribution in [0, 0.1) is 6.92 Å². The van der Waals surface area contributed by atoms with Crippen molar-refractivity contribution in [3.05, 3.63) is 88.4 Å². The van der Waals surface area contributed by atoms with Crippen molar-refractivity contribution in [1.82, 2.24) is 0 Å². The number of nitrogens with zero attached hydrogens (tertiary/aromatic N) is 2. The zero-order chi connectivity index (χ0) is 21.3. The number of anilines is 2. The average Bonchev–Trinajstić information content (AvgIpc) is 3.16. The van der Waals surface area contributed by atoms with Crippen LogP contribution < -0.4 is 9.21 Å². The summed E-state index contributed by atoms with van der Waals surface area (Å²) in [5.41, 5.74) is 3.35. The van der Waals surface area contributed by atoms with Gasteiger partial charge in [-0.2, -0.15) is 0 Å². The smallest absolute Gasteiger partial charge is 0.264 e. The van der Waals surface area contributed by atoms with Crippen LogP contribution in [0.15, 0.2) is 82.2 Å². The van der Waals surface area contributed by atoms with Crippen molar-refractivity contribution >= 4 is 43.2 Å². The molecule has 0 aliphatic carbocycles. The van der Waals surface area contributed by atoms with Crippen molar-refractivity contribution in [2.75, 3.05) is 22.3 Å². The summed E-state index contributed by atoms with van der Waals surface area (Å²) < 4.78 is 28.9. The van der Waals surface area contributed by atoms with Gasteiger partial charge in [0.15, 0.2) is 0 Å². The third kappa shape index (κ3) is 4.00. The number of halogens is 1. The maximum Gasteiger partial charge on any atom is 0.264 e. The molecule has 0 bridgehead atoms. The molecule has 0 spiro atoms. The number of fused-ring (bicyclic) bond motifs is 1. The van der Waals surface area contributed by atoms with Crippen molar-refractivity contribution in [3.63, 3.8) is 0 Å². The summed E-state index contributed by atoms with van der Waals surface area (Å²) in [5.74, 6) is -0.254. The van der Waals surface area contributed by atoms with Crippen LogP contribution in [0.1, 0.15) is 11.1 Å². The number of benzene rings is 3. The molecule has 1 aliphatic rings. The number of aryl methyl sites for hydroxylation is 1. The second kappa shape index (κ2) is 8.24. The SMILES string of the molecule is Cc1ccc(S(=O)(=O)N(CC(=O)N2CCc3ccccc32)c2cccc(Br)c2)cc1. The first-order valence-electron chi connectivity index (χ1n) is 9.59. The van der Waals surface area contributed by atoms with Crippen LogP contribution in [-0.4, -0.2) is 27.4 Å². The number of carbonyl (C=O) groups excluding carboxylic acids is 1. The van der Waals surface area contributed by atoms with Crippen LogP contribution in [0.25, 0.3) is 0 Å². The van der Waals surface area contributed by atoms with E-state index in [-0.39, 0.29) is 17.3 Å². The molecule has 30 heavy (non-hydrogen) atoms. The second-order valence-corrected chi connectivity index (χ2v) is 10.0. The minimum Gasteiger partial charge on any atom is -0.310 e. The molecule has 0 N–H and O–H groups in total. The number of carbonyl (C=O) groups is 1. The third-order valence-corrected chi connectivity index (χ3v) is 7.45. The summed E-state index contributed by atoms with van der Waals surface area (Å²) in [6, 6.07) is 21.4. The normalized spacial score (nSPS) is 13.2. The number of hydrogen-bond acceptors (Lipinski definition) is 3. The van der Waals surface area contributed by atoms with Crippen molar-refractivity contribution in [3.8, 4) is 0 Å². The van der Waals surface area contributed by atoms with Crippen LogP contribution in [-0.2, 0) is 21.2 Å². The van der Waals surface area contributed by atoms with Crippen molar-refractivity contribution in [2.45, 2.75) is 18.2 Å². The van der Waals surface area contributed by atoms with E-state index >= 15 is 0 Å². The number of rotatable bonds is 5. The first kappa shape index (κ1) is 20.6. The topological polar surface area (TPSA) is 57.7 Å². The Bertz CT molecular complexity index is 1190. The fraction of sp³-hybridized carbons (Fsp3) is 0.174. The first-order chi connectivity index (χ1) is 14.4. The molecule has 154 valence electrons. The molecular weight excluding hydrogens is 464 g/mol. The van der Waals surface area contributed by atoms with Gasteiger partial charge in [-0.1, -0.05) is 57.9 Å². The summed E-state index contributed by atoms with van der Waals surface area (Å²) >= 11 is 3.40. The monoisotopic (exact) mass is 484 g/mol. The molecule has 4 rings (SSSR count). The Balaban J connectivity index is 1.71. The molecule has 1 heterocycles. The fourth-order valence-corrected chi connectivity index (χ4v) is 5.38. The van der Waals surface area contributed by atoms with Gasteiger partial charge in [0.05, 0.1) is 10.6 Å². The van der Waals surface area contributed by atoms with Gasteiger partial charge in [-0.05, 0) is 55.3 Å². The molecule has 5 nitrogen and oxygen atoms in total. The summed E-state index contributed by atoms with van der Waals surface area (Å²) in [5, 5.41) is 0. The first-order valence-corrected chi connectivity index (χ1v) is 11.8. The van der Waals surface area contributed by atoms with Gasteiger partial charge in [-0.3, -0.25) is 9.10 Å². The van der Waals surface area contributed by atoms with E-state index in [9.17, 15) is 13.2 Å². The summed E-state index contributed by atoms with van der Waals surface area (Å²) in [6.07, 6.45) is 0.767. The van der Waals surface area contributed by atoms with E-state index in [1.807, 2.05) is 37.3 Å². The van der Waals surface area contributed by atoms with Crippen molar-refractivity contribution < 1.29 is 13.2 Å². The molecule has 7 heteroatoms. The summed E-state index contributed by atoms with van der Waals surface area (Å²) in [4.78, 5) is 15.0. The van der Waals surface area contributed by atoms with Gasteiger partial charge in [-0.15, -0.1) is 0 Å². The van der Waals surface area contributed by atoms with Gasteiger partial charge in [0.1, 0.15) is 6.54 Å². The predicted octanol–water partition coefficient (Wildman–Crippen LogP) is 4.54. The van der Waals surface area contributed by atoms with Gasteiger partial charge in [0, 0.05) is 16.7 Å². The minimum atomic E-state index is -3.92. The van der Waals surface area contributed by atoms with Crippen LogP contribution >= 0.6 is 15.9 Å². The van der Waals surface area contributed by atoms with Crippen molar-refractivity contribution in [2.24, 2.45) is 0 Å². The van der Waals surface area contributed by atoms with Crippen molar-refractivity contribution in [1.29, 1.82) is 0 Å². The van der Waals surface area contributed by atoms with E-state index in [2.05, 4.69) is 15.9 Å². The number of hydrogen-bond donors (Lipinski definition) is 0. The Morgan fingerprint density at radius 3 is 2.50 bits per heavy atom. The lowest BCUT2D eigenvalue weighted by atomic mass is 10.2. The van der Waals surface area contributed by atoms with E-state index < -0.39 is 10.0 Å². The zero-order valence-corrected chi connectivity index (χ0v) is 18.9. The fourth-order valence-electron chi connectivity index (χ4n) is 3.59. The molecule has 0 aromatic heterocycles. The number of sulfonamides is 1. The number of para-hydroxylation sites is 1. The molecule has 0 radical (unpaired) electrons.